The van der Waals surface area contributed by atoms with Crippen molar-refractivity contribution in [1.82, 2.24) is 14.7 Å². The number of aliphatic carboxylic acids is 1. The van der Waals surface area contributed by atoms with E-state index in [2.05, 4.69) is 5.10 Å². The topological polar surface area (TPSA) is 97.8 Å². The van der Waals surface area contributed by atoms with Crippen LogP contribution in [0.4, 0.5) is 13.2 Å². The Morgan fingerprint density at radius 2 is 1.86 bits per heavy atom. The maximum absolute atomic E-state index is 12.8. The molecule has 1 atom stereocenters. The van der Waals surface area contributed by atoms with Crippen LogP contribution < -0.4 is 10.5 Å². The summed E-state index contributed by atoms with van der Waals surface area (Å²) in [6.45, 7) is 5.36. The van der Waals surface area contributed by atoms with Crippen molar-refractivity contribution < 1.29 is 32.2 Å². The summed E-state index contributed by atoms with van der Waals surface area (Å²) < 4.78 is 50.3. The Morgan fingerprint density at radius 3 is 2.44 bits per heavy atom. The minimum Gasteiger partial charge on any atom is -0.492 e. The minimum atomic E-state index is -4.49. The SMILES string of the molecule is CCN(CC)CC(COc1ccc(Cl)cc1Cn1nc(-c2ccc(C(F)(F)F)cc2)oc1=O)C(=O)O. The van der Waals surface area contributed by atoms with Gasteiger partial charge in [0.25, 0.3) is 0 Å². The van der Waals surface area contributed by atoms with Crippen LogP contribution in [-0.2, 0) is 17.5 Å². The number of carboxylic acids is 1. The maximum Gasteiger partial charge on any atom is 0.437 e. The predicted octanol–water partition coefficient (Wildman–Crippen LogP) is 4.65. The Hall–Kier alpha value is -3.31. The van der Waals surface area contributed by atoms with Crippen LogP contribution in [0.1, 0.15) is 25.0 Å². The number of carbonyl (C=O) groups is 1. The lowest BCUT2D eigenvalue weighted by atomic mass is 10.1. The third-order valence-corrected chi connectivity index (χ3v) is 5.81. The van der Waals surface area contributed by atoms with E-state index < -0.39 is 29.4 Å². The summed E-state index contributed by atoms with van der Waals surface area (Å²) in [4.78, 5) is 26.1. The van der Waals surface area contributed by atoms with Gasteiger partial charge in [-0.1, -0.05) is 25.4 Å². The molecule has 0 bridgehead atoms. The quantitative estimate of drug-likeness (QED) is 0.388. The molecule has 0 radical (unpaired) electrons. The van der Waals surface area contributed by atoms with Crippen LogP contribution in [0.15, 0.2) is 51.7 Å². The van der Waals surface area contributed by atoms with Crippen molar-refractivity contribution in [3.8, 4) is 17.2 Å². The van der Waals surface area contributed by atoms with E-state index >= 15 is 0 Å². The normalized spacial score (nSPS) is 12.6. The number of halogens is 4. The van der Waals surface area contributed by atoms with Crippen molar-refractivity contribution in [2.45, 2.75) is 26.6 Å². The van der Waals surface area contributed by atoms with E-state index in [1.54, 1.807) is 18.2 Å². The summed E-state index contributed by atoms with van der Waals surface area (Å²) >= 11 is 6.12. The second-order valence-corrected chi connectivity index (χ2v) is 8.43. The first-order chi connectivity index (χ1) is 17.0. The molecule has 0 spiro atoms. The summed E-state index contributed by atoms with van der Waals surface area (Å²) in [5, 5.41) is 14.0. The Kier molecular flexibility index (Phi) is 8.80. The van der Waals surface area contributed by atoms with Gasteiger partial charge in [0.05, 0.1) is 12.1 Å². The van der Waals surface area contributed by atoms with Crippen molar-refractivity contribution in [2.75, 3.05) is 26.2 Å². The fraction of sp³-hybridized carbons (Fsp3) is 0.375. The van der Waals surface area contributed by atoms with Crippen LogP contribution in [0.3, 0.4) is 0 Å². The standard InChI is InChI=1S/C24H25ClF3N3O5/c1-3-30(4-2)12-17(22(32)33)14-35-20-10-9-19(25)11-16(20)13-31-23(34)36-21(29-31)15-5-7-18(8-6-15)24(26,27)28/h5-11,17H,3-4,12-14H2,1-2H3,(H,32,33). The summed E-state index contributed by atoms with van der Waals surface area (Å²) in [6.07, 6.45) is -4.49. The highest BCUT2D eigenvalue weighted by Gasteiger charge is 2.30. The lowest BCUT2D eigenvalue weighted by Gasteiger charge is -2.23. The van der Waals surface area contributed by atoms with Crippen molar-refractivity contribution in [3.05, 3.63) is 69.2 Å². The smallest absolute Gasteiger partial charge is 0.437 e. The van der Waals surface area contributed by atoms with Gasteiger partial charge >= 0.3 is 17.9 Å². The summed E-state index contributed by atoms with van der Waals surface area (Å²) in [7, 11) is 0. The van der Waals surface area contributed by atoms with Gasteiger partial charge in [0.2, 0.25) is 5.89 Å². The first kappa shape index (κ1) is 27.3. The third kappa shape index (κ3) is 6.88. The van der Waals surface area contributed by atoms with E-state index in [9.17, 15) is 27.9 Å². The average Bonchev–Trinajstić information content (AvgIpc) is 3.19. The van der Waals surface area contributed by atoms with Crippen LogP contribution in [0.25, 0.3) is 11.5 Å². The third-order valence-electron chi connectivity index (χ3n) is 5.57. The fourth-order valence-electron chi connectivity index (χ4n) is 3.48. The highest BCUT2D eigenvalue weighted by Crippen LogP contribution is 2.30. The Bertz CT molecular complexity index is 1240. The van der Waals surface area contributed by atoms with E-state index in [0.29, 0.717) is 36.0 Å². The zero-order valence-electron chi connectivity index (χ0n) is 19.6. The second kappa shape index (κ2) is 11.6. The van der Waals surface area contributed by atoms with Gasteiger partial charge in [-0.3, -0.25) is 4.79 Å². The molecule has 12 heteroatoms. The highest BCUT2D eigenvalue weighted by atomic mass is 35.5. The molecular weight excluding hydrogens is 503 g/mol. The molecule has 3 rings (SSSR count). The molecule has 1 heterocycles. The molecular formula is C24H25ClF3N3O5. The number of carboxylic acid groups (broad SMARTS) is 1. The minimum absolute atomic E-state index is 0.106. The van der Waals surface area contributed by atoms with Crippen LogP contribution >= 0.6 is 11.6 Å². The summed E-state index contributed by atoms with van der Waals surface area (Å²) in [5.41, 5.74) is -0.194. The molecule has 3 aromatic rings. The van der Waals surface area contributed by atoms with Gasteiger partial charge in [-0.05, 0) is 55.6 Å². The number of aromatic nitrogens is 2. The van der Waals surface area contributed by atoms with E-state index in [0.717, 1.165) is 28.9 Å². The van der Waals surface area contributed by atoms with Gasteiger partial charge in [0, 0.05) is 22.7 Å². The lowest BCUT2D eigenvalue weighted by Crippen LogP contribution is -2.36. The first-order valence-corrected chi connectivity index (χ1v) is 11.5. The van der Waals surface area contributed by atoms with Crippen molar-refractivity contribution >= 4 is 17.6 Å². The molecule has 0 aliphatic heterocycles. The zero-order chi connectivity index (χ0) is 26.5. The molecule has 2 aromatic carbocycles. The molecule has 194 valence electrons. The van der Waals surface area contributed by atoms with E-state index in [1.165, 1.54) is 0 Å². The second-order valence-electron chi connectivity index (χ2n) is 7.99. The van der Waals surface area contributed by atoms with Gasteiger partial charge in [-0.25, -0.2) is 4.79 Å². The monoisotopic (exact) mass is 527 g/mol. The predicted molar refractivity (Wildman–Crippen MR) is 126 cm³/mol. The van der Waals surface area contributed by atoms with Crippen molar-refractivity contribution in [2.24, 2.45) is 5.92 Å². The number of rotatable bonds is 11. The summed E-state index contributed by atoms with van der Waals surface area (Å²) in [6, 6.07) is 8.75. The van der Waals surface area contributed by atoms with Gasteiger partial charge in [-0.2, -0.15) is 17.9 Å². The number of hydrogen-bond donors (Lipinski definition) is 1. The molecule has 0 aliphatic carbocycles. The van der Waals surface area contributed by atoms with Crippen LogP contribution in [0.2, 0.25) is 5.02 Å². The van der Waals surface area contributed by atoms with Crippen LogP contribution in [0.5, 0.6) is 5.75 Å². The van der Waals surface area contributed by atoms with E-state index in [4.69, 9.17) is 20.8 Å². The number of benzene rings is 2. The maximum atomic E-state index is 12.8. The molecule has 0 fully saturated rings. The van der Waals surface area contributed by atoms with Crippen LogP contribution in [-0.4, -0.2) is 52.0 Å². The molecule has 0 amide bonds. The molecule has 1 N–H and O–H groups in total. The molecule has 1 aromatic heterocycles. The fourth-order valence-corrected chi connectivity index (χ4v) is 3.68. The Labute approximate surface area is 209 Å². The first-order valence-electron chi connectivity index (χ1n) is 11.1. The Morgan fingerprint density at radius 1 is 1.19 bits per heavy atom. The Balaban J connectivity index is 1.80. The van der Waals surface area contributed by atoms with Crippen LogP contribution in [0, 0.1) is 5.92 Å². The average molecular weight is 528 g/mol. The highest BCUT2D eigenvalue weighted by molar-refractivity contribution is 6.30. The molecule has 0 saturated heterocycles. The van der Waals surface area contributed by atoms with Gasteiger partial charge in [0.1, 0.15) is 18.3 Å². The number of nitrogens with zero attached hydrogens (tertiary/aromatic N) is 3. The molecule has 1 unspecified atom stereocenters. The number of ether oxygens (including phenoxy) is 1. The van der Waals surface area contributed by atoms with E-state index in [-0.39, 0.29) is 24.6 Å². The summed E-state index contributed by atoms with van der Waals surface area (Å²) in [5.74, 6) is -2.44. The van der Waals surface area contributed by atoms with Crippen molar-refractivity contribution in [3.63, 3.8) is 0 Å². The molecule has 36 heavy (non-hydrogen) atoms. The van der Waals surface area contributed by atoms with Gasteiger partial charge in [0.15, 0.2) is 0 Å². The lowest BCUT2D eigenvalue weighted by molar-refractivity contribution is -0.143. The van der Waals surface area contributed by atoms with Gasteiger partial charge < -0.3 is 19.2 Å². The zero-order valence-corrected chi connectivity index (χ0v) is 20.3. The molecule has 0 aliphatic rings. The van der Waals surface area contributed by atoms with Crippen molar-refractivity contribution in [1.29, 1.82) is 0 Å². The largest absolute Gasteiger partial charge is 0.492 e. The number of hydrogen-bond acceptors (Lipinski definition) is 6. The van der Waals surface area contributed by atoms with Gasteiger partial charge in [-0.15, -0.1) is 5.10 Å². The molecule has 0 saturated carbocycles. The molecule has 8 nitrogen and oxygen atoms in total. The van der Waals surface area contributed by atoms with E-state index in [1.807, 2.05) is 18.7 Å². The number of alkyl halides is 3.